The maximum absolute atomic E-state index is 6.08. The summed E-state index contributed by atoms with van der Waals surface area (Å²) in [6.45, 7) is 9.05. The molecule has 1 fully saturated rings. The fraction of sp³-hybridized carbons (Fsp3) is 0.667. The monoisotopic (exact) mass is 377 g/mol. The van der Waals surface area contributed by atoms with Crippen molar-refractivity contribution < 1.29 is 14.2 Å². The van der Waals surface area contributed by atoms with Gasteiger partial charge in [0.15, 0.2) is 17.5 Å². The molecule has 1 aromatic carbocycles. The van der Waals surface area contributed by atoms with Crippen LogP contribution in [0.1, 0.15) is 39.2 Å². The summed E-state index contributed by atoms with van der Waals surface area (Å²) in [6, 6.07) is 5.87. The van der Waals surface area contributed by atoms with E-state index in [0.717, 1.165) is 42.6 Å². The van der Waals surface area contributed by atoms with Crippen molar-refractivity contribution in [2.45, 2.75) is 46.3 Å². The van der Waals surface area contributed by atoms with Gasteiger partial charge in [0.05, 0.1) is 20.3 Å². The molecule has 0 bridgehead atoms. The molecule has 2 N–H and O–H groups in total. The van der Waals surface area contributed by atoms with Gasteiger partial charge < -0.3 is 24.8 Å². The molecule has 1 aliphatic heterocycles. The second-order valence-electron chi connectivity index (χ2n) is 8.02. The zero-order valence-electron chi connectivity index (χ0n) is 17.6. The van der Waals surface area contributed by atoms with Crippen LogP contribution in [-0.2, 0) is 11.3 Å². The van der Waals surface area contributed by atoms with E-state index >= 15 is 0 Å². The Morgan fingerprint density at radius 2 is 2.00 bits per heavy atom. The molecule has 2 atom stereocenters. The minimum absolute atomic E-state index is 0.137. The summed E-state index contributed by atoms with van der Waals surface area (Å²) in [5.74, 6) is 2.73. The molecule has 0 radical (unpaired) electrons. The van der Waals surface area contributed by atoms with Crippen LogP contribution in [0, 0.1) is 11.3 Å². The first kappa shape index (κ1) is 21.4. The van der Waals surface area contributed by atoms with Crippen molar-refractivity contribution in [3.05, 3.63) is 23.8 Å². The van der Waals surface area contributed by atoms with Gasteiger partial charge in [-0.05, 0) is 24.3 Å². The summed E-state index contributed by atoms with van der Waals surface area (Å²) in [6.07, 6.45) is 2.55. The van der Waals surface area contributed by atoms with Gasteiger partial charge in [-0.1, -0.05) is 32.9 Å². The Morgan fingerprint density at radius 3 is 2.63 bits per heavy atom. The molecule has 1 saturated heterocycles. The number of nitrogens with one attached hydrogen (secondary N) is 2. The highest BCUT2D eigenvalue weighted by Crippen LogP contribution is 2.33. The highest BCUT2D eigenvalue weighted by Gasteiger charge is 2.35. The standard InChI is InChI=1S/C21H35N3O3/c1-21(2,3)19-16(10-8-12-27-19)14-24-20(22-4)23-13-15-9-7-11-17(25-5)18(15)26-6/h7,9,11,16,19H,8,10,12-14H2,1-6H3,(H2,22,23,24). The Balaban J connectivity index is 1.95. The van der Waals surface area contributed by atoms with E-state index < -0.39 is 0 Å². The highest BCUT2D eigenvalue weighted by molar-refractivity contribution is 5.79. The molecule has 6 heteroatoms. The van der Waals surface area contributed by atoms with Crippen molar-refractivity contribution in [3.8, 4) is 11.5 Å². The Hall–Kier alpha value is -1.95. The van der Waals surface area contributed by atoms with Crippen LogP contribution in [0.25, 0.3) is 0 Å². The molecule has 6 nitrogen and oxygen atoms in total. The normalized spacial score (nSPS) is 20.9. The van der Waals surface area contributed by atoms with E-state index in [0.29, 0.717) is 12.5 Å². The summed E-state index contributed by atoms with van der Waals surface area (Å²) in [7, 11) is 5.09. The molecule has 0 aliphatic carbocycles. The van der Waals surface area contributed by atoms with Crippen molar-refractivity contribution in [1.82, 2.24) is 10.6 Å². The SMILES string of the molecule is CN=C(NCc1cccc(OC)c1OC)NCC1CCCOC1C(C)(C)C. The van der Waals surface area contributed by atoms with Crippen LogP contribution in [-0.4, -0.2) is 46.5 Å². The lowest BCUT2D eigenvalue weighted by Gasteiger charge is -2.40. The minimum Gasteiger partial charge on any atom is -0.493 e. The summed E-state index contributed by atoms with van der Waals surface area (Å²) in [5.41, 5.74) is 1.16. The Bertz CT molecular complexity index is 626. The van der Waals surface area contributed by atoms with Gasteiger partial charge in [0, 0.05) is 38.2 Å². The van der Waals surface area contributed by atoms with Gasteiger partial charge in [-0.3, -0.25) is 4.99 Å². The molecular weight excluding hydrogens is 342 g/mol. The van der Waals surface area contributed by atoms with Gasteiger partial charge in [0.2, 0.25) is 0 Å². The van der Waals surface area contributed by atoms with Crippen molar-refractivity contribution in [3.63, 3.8) is 0 Å². The van der Waals surface area contributed by atoms with E-state index in [1.165, 1.54) is 6.42 Å². The first-order valence-corrected chi connectivity index (χ1v) is 9.66. The van der Waals surface area contributed by atoms with Gasteiger partial charge in [-0.2, -0.15) is 0 Å². The van der Waals surface area contributed by atoms with Gasteiger partial charge >= 0.3 is 0 Å². The number of guanidine groups is 1. The van der Waals surface area contributed by atoms with Crippen LogP contribution in [0.3, 0.4) is 0 Å². The predicted octanol–water partition coefficient (Wildman–Crippen LogP) is 3.21. The van der Waals surface area contributed by atoms with Crippen molar-refractivity contribution in [1.29, 1.82) is 0 Å². The Morgan fingerprint density at radius 1 is 1.22 bits per heavy atom. The number of ether oxygens (including phenoxy) is 3. The summed E-state index contributed by atoms with van der Waals surface area (Å²) >= 11 is 0. The molecule has 0 aromatic heterocycles. The molecular formula is C21H35N3O3. The second-order valence-corrected chi connectivity index (χ2v) is 8.02. The zero-order valence-corrected chi connectivity index (χ0v) is 17.6. The third-order valence-corrected chi connectivity index (χ3v) is 4.98. The van der Waals surface area contributed by atoms with Crippen LogP contribution in [0.5, 0.6) is 11.5 Å². The average molecular weight is 378 g/mol. The van der Waals surface area contributed by atoms with Gasteiger partial charge in [-0.15, -0.1) is 0 Å². The molecule has 1 aliphatic rings. The summed E-state index contributed by atoms with van der Waals surface area (Å²) in [5, 5.41) is 6.83. The number of hydrogen-bond acceptors (Lipinski definition) is 4. The van der Waals surface area contributed by atoms with Gasteiger partial charge in [0.1, 0.15) is 0 Å². The molecule has 2 rings (SSSR count). The first-order chi connectivity index (χ1) is 12.9. The lowest BCUT2D eigenvalue weighted by atomic mass is 9.78. The van der Waals surface area contributed by atoms with E-state index in [2.05, 4.69) is 36.4 Å². The largest absolute Gasteiger partial charge is 0.493 e. The lowest BCUT2D eigenvalue weighted by molar-refractivity contribution is -0.0835. The van der Waals surface area contributed by atoms with Crippen LogP contribution in [0.4, 0.5) is 0 Å². The van der Waals surface area contributed by atoms with Crippen molar-refractivity contribution in [2.24, 2.45) is 16.3 Å². The lowest BCUT2D eigenvalue weighted by Crippen LogP contribution is -2.47. The third-order valence-electron chi connectivity index (χ3n) is 4.98. The van der Waals surface area contributed by atoms with Crippen LogP contribution >= 0.6 is 0 Å². The molecule has 0 saturated carbocycles. The fourth-order valence-corrected chi connectivity index (χ4v) is 3.73. The molecule has 1 aromatic rings. The number of hydrogen-bond donors (Lipinski definition) is 2. The van der Waals surface area contributed by atoms with E-state index in [1.54, 1.807) is 21.3 Å². The number of aliphatic imine (C=N–C) groups is 1. The number of benzene rings is 1. The molecule has 2 unspecified atom stereocenters. The Labute approximate surface area is 163 Å². The average Bonchev–Trinajstić information content (AvgIpc) is 2.67. The van der Waals surface area contributed by atoms with Crippen molar-refractivity contribution >= 4 is 5.96 Å². The first-order valence-electron chi connectivity index (χ1n) is 9.66. The van der Waals surface area contributed by atoms with Gasteiger partial charge in [-0.25, -0.2) is 0 Å². The van der Waals surface area contributed by atoms with E-state index in [4.69, 9.17) is 14.2 Å². The predicted molar refractivity (Wildman–Crippen MR) is 110 cm³/mol. The van der Waals surface area contributed by atoms with E-state index in [-0.39, 0.29) is 11.5 Å². The smallest absolute Gasteiger partial charge is 0.191 e. The fourth-order valence-electron chi connectivity index (χ4n) is 3.73. The topological polar surface area (TPSA) is 64.1 Å². The maximum atomic E-state index is 6.08. The maximum Gasteiger partial charge on any atom is 0.191 e. The number of para-hydroxylation sites is 1. The van der Waals surface area contributed by atoms with Crippen LogP contribution in [0.15, 0.2) is 23.2 Å². The quantitative estimate of drug-likeness (QED) is 0.589. The van der Waals surface area contributed by atoms with Crippen LogP contribution < -0.4 is 20.1 Å². The molecule has 0 amide bonds. The molecule has 27 heavy (non-hydrogen) atoms. The highest BCUT2D eigenvalue weighted by atomic mass is 16.5. The number of nitrogens with zero attached hydrogens (tertiary/aromatic N) is 1. The molecule has 1 heterocycles. The van der Waals surface area contributed by atoms with E-state index in [1.807, 2.05) is 18.2 Å². The third kappa shape index (κ3) is 5.76. The summed E-state index contributed by atoms with van der Waals surface area (Å²) < 4.78 is 16.9. The second kappa shape index (κ2) is 9.83. The Kier molecular flexibility index (Phi) is 7.78. The number of methoxy groups -OCH3 is 2. The van der Waals surface area contributed by atoms with Crippen LogP contribution in [0.2, 0.25) is 0 Å². The van der Waals surface area contributed by atoms with E-state index in [9.17, 15) is 0 Å². The minimum atomic E-state index is 0.137. The van der Waals surface area contributed by atoms with Crippen molar-refractivity contribution in [2.75, 3.05) is 34.4 Å². The summed E-state index contributed by atoms with van der Waals surface area (Å²) in [4.78, 5) is 4.35. The van der Waals surface area contributed by atoms with Gasteiger partial charge in [0.25, 0.3) is 0 Å². The molecule has 152 valence electrons. The zero-order chi connectivity index (χ0) is 19.9. The molecule has 0 spiro atoms. The number of rotatable bonds is 6.